The average molecular weight is 239 g/mol. The van der Waals surface area contributed by atoms with Gasteiger partial charge in [-0.05, 0) is 13.0 Å². The van der Waals surface area contributed by atoms with Crippen LogP contribution in [0.3, 0.4) is 0 Å². The number of nitriles is 1. The number of aryl methyl sites for hydroxylation is 1. The van der Waals surface area contributed by atoms with Crippen molar-refractivity contribution in [3.63, 3.8) is 0 Å². The van der Waals surface area contributed by atoms with Crippen LogP contribution >= 0.6 is 0 Å². The van der Waals surface area contributed by atoms with Gasteiger partial charge in [0.1, 0.15) is 23.4 Å². The van der Waals surface area contributed by atoms with Crippen molar-refractivity contribution in [2.75, 3.05) is 7.11 Å². The smallest absolute Gasteiger partial charge is 0.215 e. The highest BCUT2D eigenvalue weighted by molar-refractivity contribution is 5.78. The molecule has 0 aliphatic rings. The fourth-order valence-electron chi connectivity index (χ4n) is 1.94. The highest BCUT2D eigenvalue weighted by atomic mass is 16.5. The lowest BCUT2D eigenvalue weighted by molar-refractivity contribution is 0.399. The second-order valence-corrected chi connectivity index (χ2v) is 3.82. The first-order valence-corrected chi connectivity index (χ1v) is 5.33. The molecular weight excluding hydrogens is 230 g/mol. The number of imidazole rings is 1. The topological polar surface area (TPSA) is 76.1 Å². The van der Waals surface area contributed by atoms with Gasteiger partial charge in [0.2, 0.25) is 5.88 Å². The third-order valence-corrected chi connectivity index (χ3v) is 2.78. The summed E-state index contributed by atoms with van der Waals surface area (Å²) in [6.45, 7) is 1.84. The van der Waals surface area contributed by atoms with Crippen LogP contribution in [0.1, 0.15) is 11.4 Å². The highest BCUT2D eigenvalue weighted by Crippen LogP contribution is 2.20. The number of rotatable bonds is 1. The van der Waals surface area contributed by atoms with Crippen molar-refractivity contribution >= 4 is 16.7 Å². The van der Waals surface area contributed by atoms with Crippen LogP contribution in [0.2, 0.25) is 0 Å². The van der Waals surface area contributed by atoms with Crippen molar-refractivity contribution in [1.82, 2.24) is 19.4 Å². The van der Waals surface area contributed by atoms with Crippen molar-refractivity contribution in [1.29, 1.82) is 5.26 Å². The maximum absolute atomic E-state index is 9.14. The van der Waals surface area contributed by atoms with E-state index in [-0.39, 0.29) is 0 Å². The molecule has 0 saturated heterocycles. The molecule has 6 heteroatoms. The molecule has 0 N–H and O–H groups in total. The van der Waals surface area contributed by atoms with Gasteiger partial charge in [-0.25, -0.2) is 9.97 Å². The van der Waals surface area contributed by atoms with E-state index in [4.69, 9.17) is 10.00 Å². The second kappa shape index (κ2) is 3.67. The number of hydrogen-bond donors (Lipinski definition) is 0. The minimum atomic E-state index is 0.351. The maximum Gasteiger partial charge on any atom is 0.215 e. The van der Waals surface area contributed by atoms with Gasteiger partial charge in [0.25, 0.3) is 0 Å². The Balaban J connectivity index is 2.53. The average Bonchev–Trinajstić information content (AvgIpc) is 2.80. The number of ether oxygens (including phenoxy) is 1. The number of pyridine rings is 1. The zero-order valence-corrected chi connectivity index (χ0v) is 9.88. The predicted octanol–water partition coefficient (Wildman–Crippen LogP) is 1.47. The van der Waals surface area contributed by atoms with E-state index in [0.29, 0.717) is 28.3 Å². The Morgan fingerprint density at radius 1 is 1.33 bits per heavy atom. The maximum atomic E-state index is 9.14. The molecule has 0 amide bonds. The summed E-state index contributed by atoms with van der Waals surface area (Å²) >= 11 is 0. The molecule has 6 nitrogen and oxygen atoms in total. The van der Waals surface area contributed by atoms with E-state index in [1.807, 2.05) is 6.92 Å². The molecular formula is C12H9N5O. The number of methoxy groups -OCH3 is 1. The Kier molecular flexibility index (Phi) is 2.13. The minimum absolute atomic E-state index is 0.351. The number of hydrogen-bond acceptors (Lipinski definition) is 5. The van der Waals surface area contributed by atoms with Crippen molar-refractivity contribution in [2.24, 2.45) is 0 Å². The Bertz CT molecular complexity index is 799. The first-order chi connectivity index (χ1) is 8.74. The van der Waals surface area contributed by atoms with Gasteiger partial charge in [-0.2, -0.15) is 10.2 Å². The molecule has 3 aromatic heterocycles. The van der Waals surface area contributed by atoms with Crippen LogP contribution in [0.4, 0.5) is 0 Å². The highest BCUT2D eigenvalue weighted by Gasteiger charge is 2.12. The molecule has 0 radical (unpaired) electrons. The molecule has 18 heavy (non-hydrogen) atoms. The third-order valence-electron chi connectivity index (χ3n) is 2.78. The van der Waals surface area contributed by atoms with Crippen molar-refractivity contribution in [3.8, 4) is 11.9 Å². The van der Waals surface area contributed by atoms with Crippen LogP contribution in [-0.4, -0.2) is 26.5 Å². The molecule has 0 bridgehead atoms. The lowest BCUT2D eigenvalue weighted by atomic mass is 10.3. The van der Waals surface area contributed by atoms with Gasteiger partial charge in [-0.3, -0.25) is 4.40 Å². The predicted molar refractivity (Wildman–Crippen MR) is 64.3 cm³/mol. The molecule has 0 unspecified atom stereocenters. The summed E-state index contributed by atoms with van der Waals surface area (Å²) in [5, 5.41) is 9.14. The molecule has 88 valence electrons. The fraction of sp³-hybridized carbons (Fsp3) is 0.167. The van der Waals surface area contributed by atoms with Gasteiger partial charge in [0, 0.05) is 6.07 Å². The first kappa shape index (κ1) is 10.5. The summed E-state index contributed by atoms with van der Waals surface area (Å²) in [6, 6.07) is 5.58. The van der Waals surface area contributed by atoms with Gasteiger partial charge in [0.15, 0.2) is 11.3 Å². The van der Waals surface area contributed by atoms with Crippen LogP contribution in [0.25, 0.3) is 16.7 Å². The molecule has 0 aromatic carbocycles. The fourth-order valence-corrected chi connectivity index (χ4v) is 1.94. The van der Waals surface area contributed by atoms with Gasteiger partial charge in [0.05, 0.1) is 12.8 Å². The summed E-state index contributed by atoms with van der Waals surface area (Å²) in [6.07, 6.45) is 1.64. The third kappa shape index (κ3) is 1.31. The minimum Gasteiger partial charge on any atom is -0.481 e. The molecule has 0 atom stereocenters. The summed E-state index contributed by atoms with van der Waals surface area (Å²) in [5.74, 6) is 0.502. The zero-order valence-electron chi connectivity index (χ0n) is 9.88. The van der Waals surface area contributed by atoms with Crippen LogP contribution < -0.4 is 4.74 Å². The van der Waals surface area contributed by atoms with Crippen LogP contribution in [-0.2, 0) is 0 Å². The Morgan fingerprint density at radius 3 is 2.89 bits per heavy atom. The van der Waals surface area contributed by atoms with E-state index in [9.17, 15) is 0 Å². The van der Waals surface area contributed by atoms with Gasteiger partial charge in [-0.1, -0.05) is 0 Å². The van der Waals surface area contributed by atoms with E-state index < -0.39 is 0 Å². The van der Waals surface area contributed by atoms with E-state index in [2.05, 4.69) is 21.0 Å². The normalized spacial score (nSPS) is 10.7. The van der Waals surface area contributed by atoms with E-state index in [1.165, 1.54) is 0 Å². The van der Waals surface area contributed by atoms with E-state index in [0.717, 1.165) is 5.69 Å². The molecule has 3 aromatic rings. The Labute approximate surface area is 102 Å². The summed E-state index contributed by atoms with van der Waals surface area (Å²) in [4.78, 5) is 12.8. The molecule has 0 fully saturated rings. The standard InChI is InChI=1S/C12H9N5O/c1-7-11-9(5-13)15-8-3-4-10(18-2)16-12(8)17(11)6-14-7/h3-4,6H,1-2H3. The summed E-state index contributed by atoms with van der Waals surface area (Å²) in [7, 11) is 1.56. The zero-order chi connectivity index (χ0) is 12.7. The monoisotopic (exact) mass is 239 g/mol. The van der Waals surface area contributed by atoms with Gasteiger partial charge < -0.3 is 4.74 Å². The van der Waals surface area contributed by atoms with Crippen LogP contribution in [0, 0.1) is 18.3 Å². The largest absolute Gasteiger partial charge is 0.481 e. The summed E-state index contributed by atoms with van der Waals surface area (Å²) < 4.78 is 6.86. The van der Waals surface area contributed by atoms with E-state index in [1.54, 1.807) is 30.0 Å². The number of fused-ring (bicyclic) bond motifs is 3. The lowest BCUT2D eigenvalue weighted by Crippen LogP contribution is -1.99. The van der Waals surface area contributed by atoms with Crippen LogP contribution in [0.15, 0.2) is 18.5 Å². The van der Waals surface area contributed by atoms with Gasteiger partial charge in [-0.15, -0.1) is 0 Å². The van der Waals surface area contributed by atoms with Crippen LogP contribution in [0.5, 0.6) is 5.88 Å². The molecule has 3 rings (SSSR count). The van der Waals surface area contributed by atoms with Gasteiger partial charge >= 0.3 is 0 Å². The number of aromatic nitrogens is 4. The first-order valence-electron chi connectivity index (χ1n) is 5.33. The van der Waals surface area contributed by atoms with E-state index >= 15 is 0 Å². The lowest BCUT2D eigenvalue weighted by Gasteiger charge is -2.04. The summed E-state index contributed by atoms with van der Waals surface area (Å²) in [5.41, 5.74) is 3.06. The number of nitrogens with zero attached hydrogens (tertiary/aromatic N) is 5. The van der Waals surface area contributed by atoms with Crippen molar-refractivity contribution < 1.29 is 4.74 Å². The quantitative estimate of drug-likeness (QED) is 0.642. The molecule has 0 aliphatic carbocycles. The SMILES string of the molecule is COc1ccc2nc(C#N)c3c(C)ncn3c2n1. The molecule has 3 heterocycles. The second-order valence-electron chi connectivity index (χ2n) is 3.82. The Morgan fingerprint density at radius 2 is 2.17 bits per heavy atom. The van der Waals surface area contributed by atoms with Crippen molar-refractivity contribution in [2.45, 2.75) is 6.92 Å². The van der Waals surface area contributed by atoms with Crippen molar-refractivity contribution in [3.05, 3.63) is 29.8 Å². The Hall–Kier alpha value is -2.68. The molecule has 0 aliphatic heterocycles. The molecule has 0 spiro atoms. The molecule has 0 saturated carbocycles.